The third kappa shape index (κ3) is 1.25. The Kier molecular flexibility index (Phi) is 1.78. The summed E-state index contributed by atoms with van der Waals surface area (Å²) in [5.41, 5.74) is 5.46. The van der Waals surface area contributed by atoms with Gasteiger partial charge in [-0.3, -0.25) is 0 Å². The lowest BCUT2D eigenvalue weighted by molar-refractivity contribution is 0.105. The first-order valence-corrected chi connectivity index (χ1v) is 3.56. The van der Waals surface area contributed by atoms with E-state index < -0.39 is 0 Å². The van der Waals surface area contributed by atoms with Gasteiger partial charge in [-0.05, 0) is 25.7 Å². The van der Waals surface area contributed by atoms with E-state index in [0.717, 1.165) is 0 Å². The first-order valence-electron chi connectivity index (χ1n) is 3.56. The molecule has 1 aliphatic carbocycles. The first-order chi connectivity index (χ1) is 4.17. The number of nitrogens with two attached hydrogens (primary N) is 1. The molecular formula is C7H15NO. The maximum atomic E-state index is 8.80. The van der Waals surface area contributed by atoms with Crippen molar-refractivity contribution in [1.82, 2.24) is 0 Å². The topological polar surface area (TPSA) is 46.2 Å². The molecule has 0 aliphatic heterocycles. The Morgan fingerprint density at radius 3 is 2.33 bits per heavy atom. The summed E-state index contributed by atoms with van der Waals surface area (Å²) in [5, 5.41) is 8.80. The highest BCUT2D eigenvalue weighted by molar-refractivity contribution is 4.90. The average Bonchev–Trinajstić information content (AvgIpc) is 1.60. The summed E-state index contributed by atoms with van der Waals surface area (Å²) >= 11 is 0. The van der Waals surface area contributed by atoms with Crippen LogP contribution in [0.5, 0.6) is 0 Å². The van der Waals surface area contributed by atoms with Crippen molar-refractivity contribution in [3.63, 3.8) is 0 Å². The summed E-state index contributed by atoms with van der Waals surface area (Å²) < 4.78 is 0. The van der Waals surface area contributed by atoms with Crippen LogP contribution in [0.25, 0.3) is 0 Å². The van der Waals surface area contributed by atoms with Gasteiger partial charge in [-0.1, -0.05) is 6.42 Å². The Balaban J connectivity index is 2.37. The first kappa shape index (κ1) is 7.03. The summed E-state index contributed by atoms with van der Waals surface area (Å²) in [7, 11) is 0. The van der Waals surface area contributed by atoms with E-state index in [0.29, 0.717) is 5.92 Å². The predicted octanol–water partition coefficient (Wildman–Crippen LogP) is 0.496. The molecule has 54 valence electrons. The van der Waals surface area contributed by atoms with Gasteiger partial charge in [0.25, 0.3) is 0 Å². The molecule has 0 unspecified atom stereocenters. The second-order valence-electron chi connectivity index (χ2n) is 3.29. The molecule has 2 heteroatoms. The molecule has 0 radical (unpaired) electrons. The summed E-state index contributed by atoms with van der Waals surface area (Å²) in [6.07, 6.45) is 3.69. The van der Waals surface area contributed by atoms with Crippen molar-refractivity contribution >= 4 is 0 Å². The van der Waals surface area contributed by atoms with E-state index in [1.165, 1.54) is 19.3 Å². The molecule has 0 saturated heterocycles. The number of aliphatic hydroxyl groups excluding tert-OH is 1. The van der Waals surface area contributed by atoms with Gasteiger partial charge < -0.3 is 10.8 Å². The smallest absolute Gasteiger partial charge is 0.0611 e. The molecule has 0 amide bonds. The minimum Gasteiger partial charge on any atom is -0.394 e. The highest BCUT2D eigenvalue weighted by Crippen LogP contribution is 2.34. The van der Waals surface area contributed by atoms with Gasteiger partial charge in [0.15, 0.2) is 0 Å². The highest BCUT2D eigenvalue weighted by atomic mass is 16.3. The largest absolute Gasteiger partial charge is 0.394 e. The lowest BCUT2D eigenvalue weighted by Gasteiger charge is -2.38. The number of hydrogen-bond acceptors (Lipinski definition) is 2. The van der Waals surface area contributed by atoms with Gasteiger partial charge in [-0.25, -0.2) is 0 Å². The molecule has 9 heavy (non-hydrogen) atoms. The van der Waals surface area contributed by atoms with Gasteiger partial charge in [-0.2, -0.15) is 0 Å². The minimum atomic E-state index is -0.307. The molecule has 3 N–H and O–H groups in total. The molecule has 1 fully saturated rings. The maximum absolute atomic E-state index is 8.80. The molecule has 0 aromatic carbocycles. The molecule has 0 spiro atoms. The third-order valence-electron chi connectivity index (χ3n) is 2.38. The Labute approximate surface area is 56.1 Å². The maximum Gasteiger partial charge on any atom is 0.0611 e. The van der Waals surface area contributed by atoms with Gasteiger partial charge >= 0.3 is 0 Å². The van der Waals surface area contributed by atoms with Crippen molar-refractivity contribution in [3.05, 3.63) is 0 Å². The molecule has 0 aromatic rings. The second-order valence-corrected chi connectivity index (χ2v) is 3.29. The average molecular weight is 129 g/mol. The van der Waals surface area contributed by atoms with Gasteiger partial charge in [0.1, 0.15) is 0 Å². The van der Waals surface area contributed by atoms with Crippen molar-refractivity contribution in [1.29, 1.82) is 0 Å². The van der Waals surface area contributed by atoms with E-state index in [9.17, 15) is 0 Å². The van der Waals surface area contributed by atoms with Crippen LogP contribution < -0.4 is 5.73 Å². The SMILES string of the molecule is C[C@@](N)(CO)C1CCC1. The van der Waals surface area contributed by atoms with Gasteiger partial charge in [-0.15, -0.1) is 0 Å². The van der Waals surface area contributed by atoms with Crippen LogP contribution in [0, 0.1) is 5.92 Å². The zero-order valence-electron chi connectivity index (χ0n) is 5.93. The molecule has 0 aromatic heterocycles. The lowest BCUT2D eigenvalue weighted by Crippen LogP contribution is -2.50. The minimum absolute atomic E-state index is 0.123. The Morgan fingerprint density at radius 1 is 1.67 bits per heavy atom. The molecule has 1 saturated carbocycles. The van der Waals surface area contributed by atoms with E-state index in [4.69, 9.17) is 10.8 Å². The molecular weight excluding hydrogens is 114 g/mol. The standard InChI is InChI=1S/C7H15NO/c1-7(8,5-9)6-3-2-4-6/h6,9H,2-5,8H2,1H3/t7-/m1/s1. The monoisotopic (exact) mass is 129 g/mol. The van der Waals surface area contributed by atoms with Crippen LogP contribution in [-0.2, 0) is 0 Å². The fourth-order valence-electron chi connectivity index (χ4n) is 1.20. The van der Waals surface area contributed by atoms with Crippen LogP contribution in [0.3, 0.4) is 0 Å². The Hall–Kier alpha value is -0.0800. The Bertz CT molecular complexity index is 97.1. The summed E-state index contributed by atoms with van der Waals surface area (Å²) in [6, 6.07) is 0. The normalized spacial score (nSPS) is 27.0. The number of aliphatic hydroxyl groups is 1. The number of hydrogen-bond donors (Lipinski definition) is 2. The van der Waals surface area contributed by atoms with Crippen LogP contribution in [0.15, 0.2) is 0 Å². The zero-order chi connectivity index (χ0) is 6.91. The molecule has 1 atom stereocenters. The Morgan fingerprint density at radius 2 is 2.22 bits per heavy atom. The van der Waals surface area contributed by atoms with Crippen molar-refractivity contribution in [2.24, 2.45) is 11.7 Å². The van der Waals surface area contributed by atoms with Crippen LogP contribution in [-0.4, -0.2) is 17.3 Å². The van der Waals surface area contributed by atoms with Crippen molar-refractivity contribution in [2.75, 3.05) is 6.61 Å². The van der Waals surface area contributed by atoms with Crippen molar-refractivity contribution in [2.45, 2.75) is 31.7 Å². The fourth-order valence-corrected chi connectivity index (χ4v) is 1.20. The van der Waals surface area contributed by atoms with Crippen molar-refractivity contribution in [3.8, 4) is 0 Å². The van der Waals surface area contributed by atoms with Gasteiger partial charge in [0.05, 0.1) is 6.61 Å². The molecule has 0 bridgehead atoms. The quantitative estimate of drug-likeness (QED) is 0.570. The summed E-state index contributed by atoms with van der Waals surface area (Å²) in [5.74, 6) is 0.572. The second kappa shape index (κ2) is 2.27. The molecule has 1 rings (SSSR count). The van der Waals surface area contributed by atoms with Crippen LogP contribution >= 0.6 is 0 Å². The summed E-state index contributed by atoms with van der Waals surface area (Å²) in [4.78, 5) is 0. The third-order valence-corrected chi connectivity index (χ3v) is 2.38. The van der Waals surface area contributed by atoms with Crippen LogP contribution in [0.1, 0.15) is 26.2 Å². The van der Waals surface area contributed by atoms with Crippen LogP contribution in [0.2, 0.25) is 0 Å². The molecule has 2 nitrogen and oxygen atoms in total. The molecule has 1 aliphatic rings. The lowest BCUT2D eigenvalue weighted by atomic mass is 9.72. The van der Waals surface area contributed by atoms with E-state index >= 15 is 0 Å². The van der Waals surface area contributed by atoms with Gasteiger partial charge in [0.2, 0.25) is 0 Å². The van der Waals surface area contributed by atoms with Crippen molar-refractivity contribution < 1.29 is 5.11 Å². The fraction of sp³-hybridized carbons (Fsp3) is 1.00. The predicted molar refractivity (Wildman–Crippen MR) is 37.0 cm³/mol. The van der Waals surface area contributed by atoms with Gasteiger partial charge in [0, 0.05) is 5.54 Å². The zero-order valence-corrected chi connectivity index (χ0v) is 5.93. The van der Waals surface area contributed by atoms with E-state index in [2.05, 4.69) is 0 Å². The van der Waals surface area contributed by atoms with Crippen LogP contribution in [0.4, 0.5) is 0 Å². The van der Waals surface area contributed by atoms with E-state index in [1.54, 1.807) is 0 Å². The van der Waals surface area contributed by atoms with E-state index in [-0.39, 0.29) is 12.1 Å². The highest BCUT2D eigenvalue weighted by Gasteiger charge is 2.33. The number of rotatable bonds is 2. The van der Waals surface area contributed by atoms with E-state index in [1.807, 2.05) is 6.92 Å². The summed E-state index contributed by atoms with van der Waals surface area (Å²) in [6.45, 7) is 2.05. The molecule has 0 heterocycles.